The van der Waals surface area contributed by atoms with Gasteiger partial charge >= 0.3 is 47.9 Å². The molecule has 0 N–H and O–H groups in total. The standard InChI is InChI=1S/C16H7F18O/c17-9(18,11(21,22)13(25,26)15(29,30)31)7-2-1-3-8(6(7)4-5-35)10(19,20)12(23,24)14(27,28)16(32,33)34/h1-3H,4-5H2. The quantitative estimate of drug-likeness (QED) is 0.295. The summed E-state index contributed by atoms with van der Waals surface area (Å²) < 4.78 is 238. The lowest BCUT2D eigenvalue weighted by molar-refractivity contribution is -0.400. The van der Waals surface area contributed by atoms with E-state index in [2.05, 4.69) is 0 Å². The van der Waals surface area contributed by atoms with Crippen LogP contribution < -0.4 is 0 Å². The summed E-state index contributed by atoms with van der Waals surface area (Å²) in [7, 11) is 0. The third-order valence-electron chi connectivity index (χ3n) is 4.49. The summed E-state index contributed by atoms with van der Waals surface area (Å²) >= 11 is 0. The number of benzene rings is 1. The zero-order chi connectivity index (χ0) is 28.3. The van der Waals surface area contributed by atoms with Gasteiger partial charge in [0.2, 0.25) is 0 Å². The Bertz CT molecular complexity index is 842. The largest absolute Gasteiger partial charge is 0.460 e. The van der Waals surface area contributed by atoms with Crippen LogP contribution in [0.2, 0.25) is 0 Å². The zero-order valence-electron chi connectivity index (χ0n) is 15.9. The van der Waals surface area contributed by atoms with Crippen molar-refractivity contribution in [2.75, 3.05) is 6.61 Å². The monoisotopic (exact) mass is 557 g/mol. The molecular formula is C16H7F18O. The highest BCUT2D eigenvalue weighted by atomic mass is 19.4. The SMILES string of the molecule is [O]CCc1c(C(F)(F)C(F)(F)C(F)(F)C(F)(F)F)cccc1C(F)(F)C(F)(F)C(F)(F)C(F)(F)F. The lowest BCUT2D eigenvalue weighted by Crippen LogP contribution is -2.60. The summed E-state index contributed by atoms with van der Waals surface area (Å²) in [5, 5.41) is 10.7. The van der Waals surface area contributed by atoms with E-state index in [0.717, 1.165) is 0 Å². The van der Waals surface area contributed by atoms with Gasteiger partial charge in [0.1, 0.15) is 0 Å². The maximum Gasteiger partial charge on any atom is 0.460 e. The van der Waals surface area contributed by atoms with E-state index in [1.165, 1.54) is 0 Å². The molecule has 0 saturated carbocycles. The Hall–Kier alpha value is -2.08. The highest BCUT2D eigenvalue weighted by Crippen LogP contribution is 2.60. The van der Waals surface area contributed by atoms with Gasteiger partial charge in [-0.25, -0.2) is 5.11 Å². The first-order valence-corrected chi connectivity index (χ1v) is 8.29. The molecule has 1 aromatic rings. The second-order valence-corrected chi connectivity index (χ2v) is 6.73. The molecule has 19 heteroatoms. The Morgan fingerprint density at radius 2 is 0.771 bits per heavy atom. The van der Waals surface area contributed by atoms with Gasteiger partial charge in [-0.05, 0) is 12.0 Å². The number of halogens is 18. The number of rotatable bonds is 8. The van der Waals surface area contributed by atoms with Crippen LogP contribution in [-0.4, -0.2) is 42.6 Å². The molecule has 0 aliphatic rings. The van der Waals surface area contributed by atoms with Crippen LogP contribution in [0.15, 0.2) is 18.2 Å². The summed E-state index contributed by atoms with van der Waals surface area (Å²) in [5.41, 5.74) is -8.68. The van der Waals surface area contributed by atoms with E-state index in [1.807, 2.05) is 0 Å². The lowest BCUT2D eigenvalue weighted by atomic mass is 9.85. The Morgan fingerprint density at radius 1 is 0.486 bits per heavy atom. The molecule has 1 rings (SSSR count). The molecule has 0 aromatic heterocycles. The number of hydrogen-bond donors (Lipinski definition) is 0. The van der Waals surface area contributed by atoms with Crippen LogP contribution in [0.3, 0.4) is 0 Å². The topological polar surface area (TPSA) is 19.9 Å². The van der Waals surface area contributed by atoms with Crippen molar-refractivity contribution in [3.8, 4) is 0 Å². The second kappa shape index (κ2) is 8.50. The highest BCUT2D eigenvalue weighted by Gasteiger charge is 2.84. The van der Waals surface area contributed by atoms with E-state index >= 15 is 0 Å². The van der Waals surface area contributed by atoms with Crippen LogP contribution in [-0.2, 0) is 23.4 Å². The molecule has 0 spiro atoms. The van der Waals surface area contributed by atoms with Crippen molar-refractivity contribution in [1.82, 2.24) is 0 Å². The van der Waals surface area contributed by atoms with Gasteiger partial charge in [-0.3, -0.25) is 0 Å². The van der Waals surface area contributed by atoms with Gasteiger partial charge in [0.15, 0.2) is 0 Å². The summed E-state index contributed by atoms with van der Waals surface area (Å²) in [4.78, 5) is 0. The average Bonchev–Trinajstić information content (AvgIpc) is 2.65. The van der Waals surface area contributed by atoms with Crippen LogP contribution >= 0.6 is 0 Å². The summed E-state index contributed by atoms with van der Waals surface area (Å²) in [6.07, 6.45) is -16.9. The maximum atomic E-state index is 14.2. The zero-order valence-corrected chi connectivity index (χ0v) is 15.9. The normalized spacial score (nSPS) is 15.5. The Balaban J connectivity index is 3.99. The summed E-state index contributed by atoms with van der Waals surface area (Å²) in [5.74, 6) is -44.2. The molecule has 0 aliphatic heterocycles. The first-order valence-electron chi connectivity index (χ1n) is 8.29. The molecule has 0 unspecified atom stereocenters. The minimum atomic E-state index is -7.62. The van der Waals surface area contributed by atoms with Gasteiger partial charge in [-0.1, -0.05) is 18.2 Å². The average molecular weight is 557 g/mol. The Labute approximate surface area is 181 Å². The summed E-state index contributed by atoms with van der Waals surface area (Å²) in [6.45, 7) is -2.06. The molecule has 0 aliphatic carbocycles. The fourth-order valence-electron chi connectivity index (χ4n) is 2.64. The Morgan fingerprint density at radius 3 is 1.00 bits per heavy atom. The van der Waals surface area contributed by atoms with Gasteiger partial charge in [-0.2, -0.15) is 79.0 Å². The molecule has 1 aromatic carbocycles. The molecule has 0 fully saturated rings. The van der Waals surface area contributed by atoms with Crippen LogP contribution in [0.4, 0.5) is 79.0 Å². The van der Waals surface area contributed by atoms with Crippen molar-refractivity contribution >= 4 is 0 Å². The van der Waals surface area contributed by atoms with Gasteiger partial charge in [0.25, 0.3) is 0 Å². The molecule has 203 valence electrons. The molecule has 1 radical (unpaired) electrons. The molecule has 0 heterocycles. The second-order valence-electron chi connectivity index (χ2n) is 6.73. The maximum absolute atomic E-state index is 14.2. The van der Waals surface area contributed by atoms with Crippen molar-refractivity contribution in [3.63, 3.8) is 0 Å². The van der Waals surface area contributed by atoms with Crippen molar-refractivity contribution in [2.24, 2.45) is 0 Å². The van der Waals surface area contributed by atoms with E-state index < -0.39 is 95.8 Å². The van der Waals surface area contributed by atoms with E-state index in [1.54, 1.807) is 0 Å². The first kappa shape index (κ1) is 31.0. The van der Waals surface area contributed by atoms with E-state index in [9.17, 15) is 84.1 Å². The van der Waals surface area contributed by atoms with E-state index in [4.69, 9.17) is 0 Å². The van der Waals surface area contributed by atoms with E-state index in [0.29, 0.717) is 0 Å². The minimum absolute atomic E-state index is 0.426. The molecule has 0 bridgehead atoms. The van der Waals surface area contributed by atoms with Crippen molar-refractivity contribution in [3.05, 3.63) is 34.9 Å². The van der Waals surface area contributed by atoms with Gasteiger partial charge in [0, 0.05) is 11.1 Å². The first-order chi connectivity index (χ1) is 15.2. The molecule has 35 heavy (non-hydrogen) atoms. The minimum Gasteiger partial charge on any atom is -0.236 e. The van der Waals surface area contributed by atoms with Crippen LogP contribution in [0, 0.1) is 0 Å². The van der Waals surface area contributed by atoms with Crippen molar-refractivity contribution < 1.29 is 84.1 Å². The van der Waals surface area contributed by atoms with Crippen LogP contribution in [0.25, 0.3) is 0 Å². The lowest BCUT2D eigenvalue weighted by Gasteiger charge is -2.37. The van der Waals surface area contributed by atoms with Gasteiger partial charge in [-0.15, -0.1) is 0 Å². The van der Waals surface area contributed by atoms with Crippen LogP contribution in [0.5, 0.6) is 0 Å². The van der Waals surface area contributed by atoms with Crippen molar-refractivity contribution in [2.45, 2.75) is 54.3 Å². The van der Waals surface area contributed by atoms with E-state index in [-0.39, 0.29) is 0 Å². The Kier molecular flexibility index (Phi) is 7.52. The summed E-state index contributed by atoms with van der Waals surface area (Å²) in [6, 6.07) is -1.64. The third-order valence-corrected chi connectivity index (χ3v) is 4.49. The molecule has 0 atom stereocenters. The fourth-order valence-corrected chi connectivity index (χ4v) is 2.64. The molecule has 1 nitrogen and oxygen atoms in total. The van der Waals surface area contributed by atoms with Crippen LogP contribution in [0.1, 0.15) is 16.7 Å². The predicted molar refractivity (Wildman–Crippen MR) is 75.4 cm³/mol. The van der Waals surface area contributed by atoms with Gasteiger partial charge in [0.05, 0.1) is 6.61 Å². The number of alkyl halides is 18. The highest BCUT2D eigenvalue weighted by molar-refractivity contribution is 5.43. The third kappa shape index (κ3) is 4.36. The molecular weight excluding hydrogens is 550 g/mol. The molecule has 0 amide bonds. The smallest absolute Gasteiger partial charge is 0.236 e. The number of hydrogen-bond acceptors (Lipinski definition) is 0. The molecule has 0 saturated heterocycles. The van der Waals surface area contributed by atoms with Crippen molar-refractivity contribution in [1.29, 1.82) is 0 Å². The predicted octanol–water partition coefficient (Wildman–Crippen LogP) is 7.51. The fraction of sp³-hybridized carbons (Fsp3) is 0.625. The van der Waals surface area contributed by atoms with Gasteiger partial charge < -0.3 is 0 Å².